The van der Waals surface area contributed by atoms with Gasteiger partial charge in [-0.2, -0.15) is 0 Å². The predicted octanol–water partition coefficient (Wildman–Crippen LogP) is 5.25. The summed E-state index contributed by atoms with van der Waals surface area (Å²) in [5.74, 6) is 0.438. The Balaban J connectivity index is 1.70. The van der Waals surface area contributed by atoms with Gasteiger partial charge in [-0.1, -0.05) is 20.8 Å². The van der Waals surface area contributed by atoms with Crippen molar-refractivity contribution in [2.24, 2.45) is 46.3 Å². The zero-order valence-corrected chi connectivity index (χ0v) is 24.8. The SMILES string of the molecule is COC(=O)CC[C@H](C)[C@H]1CC[C@H]2[C@@H]3[C@H](OC(C)=O)C[C@H]4C[C@@H](OC(C)=O)CC[C@]4(C)[C@H]3C[C@H](OC(C)=O)[C@]12C. The quantitative estimate of drug-likeness (QED) is 0.314. The van der Waals surface area contributed by atoms with Crippen molar-refractivity contribution in [3.63, 3.8) is 0 Å². The van der Waals surface area contributed by atoms with E-state index in [0.29, 0.717) is 6.42 Å². The maximum atomic E-state index is 12.5. The van der Waals surface area contributed by atoms with Gasteiger partial charge in [-0.05, 0) is 86.4 Å². The first-order chi connectivity index (χ1) is 18.3. The van der Waals surface area contributed by atoms with Crippen LogP contribution >= 0.6 is 0 Å². The van der Waals surface area contributed by atoms with Crippen molar-refractivity contribution < 1.29 is 38.1 Å². The second-order valence-corrected chi connectivity index (χ2v) is 13.4. The molecule has 8 nitrogen and oxygen atoms in total. The van der Waals surface area contributed by atoms with Gasteiger partial charge in [-0.3, -0.25) is 19.2 Å². The lowest BCUT2D eigenvalue weighted by Crippen LogP contribution is -2.63. The molecule has 4 rings (SSSR count). The molecule has 0 aromatic heterocycles. The molecule has 39 heavy (non-hydrogen) atoms. The zero-order chi connectivity index (χ0) is 28.7. The van der Waals surface area contributed by atoms with Crippen molar-refractivity contribution in [1.29, 1.82) is 0 Å². The van der Waals surface area contributed by atoms with Crippen LogP contribution in [-0.2, 0) is 38.1 Å². The highest BCUT2D eigenvalue weighted by molar-refractivity contribution is 5.69. The van der Waals surface area contributed by atoms with Crippen LogP contribution < -0.4 is 0 Å². The van der Waals surface area contributed by atoms with Crippen LogP contribution in [0.5, 0.6) is 0 Å². The summed E-state index contributed by atoms with van der Waals surface area (Å²) in [6.45, 7) is 11.3. The Hall–Kier alpha value is -2.12. The van der Waals surface area contributed by atoms with Crippen molar-refractivity contribution >= 4 is 23.9 Å². The van der Waals surface area contributed by atoms with Gasteiger partial charge in [0, 0.05) is 38.5 Å². The third kappa shape index (κ3) is 5.58. The molecule has 0 spiro atoms. The van der Waals surface area contributed by atoms with Gasteiger partial charge in [0.2, 0.25) is 0 Å². The Bertz CT molecular complexity index is 962. The highest BCUT2D eigenvalue weighted by atomic mass is 16.6. The zero-order valence-electron chi connectivity index (χ0n) is 24.8. The molecule has 0 radical (unpaired) electrons. The molecule has 4 aliphatic rings. The third-order valence-corrected chi connectivity index (χ3v) is 11.4. The average molecular weight is 549 g/mol. The molecule has 0 aliphatic heterocycles. The average Bonchev–Trinajstić information content (AvgIpc) is 3.20. The van der Waals surface area contributed by atoms with E-state index >= 15 is 0 Å². The molecule has 0 aromatic rings. The fourth-order valence-electron chi connectivity index (χ4n) is 9.77. The number of methoxy groups -OCH3 is 1. The second-order valence-electron chi connectivity index (χ2n) is 13.4. The topological polar surface area (TPSA) is 105 Å². The predicted molar refractivity (Wildman–Crippen MR) is 143 cm³/mol. The van der Waals surface area contributed by atoms with Crippen molar-refractivity contribution in [2.75, 3.05) is 7.11 Å². The first-order valence-corrected chi connectivity index (χ1v) is 14.9. The van der Waals surface area contributed by atoms with Crippen LogP contribution in [0.25, 0.3) is 0 Å². The molecule has 4 aliphatic carbocycles. The lowest BCUT2D eigenvalue weighted by atomic mass is 9.43. The highest BCUT2D eigenvalue weighted by Crippen LogP contribution is 2.69. The lowest BCUT2D eigenvalue weighted by molar-refractivity contribution is -0.224. The summed E-state index contributed by atoms with van der Waals surface area (Å²) in [5, 5.41) is 0. The number of esters is 4. The lowest BCUT2D eigenvalue weighted by Gasteiger charge is -2.64. The van der Waals surface area contributed by atoms with Gasteiger partial charge < -0.3 is 18.9 Å². The number of ether oxygens (including phenoxy) is 4. The fraction of sp³-hybridized carbons (Fsp3) is 0.871. The molecule has 4 saturated carbocycles. The largest absolute Gasteiger partial charge is 0.469 e. The molecule has 0 aromatic carbocycles. The van der Waals surface area contributed by atoms with Gasteiger partial charge in [-0.15, -0.1) is 0 Å². The smallest absolute Gasteiger partial charge is 0.305 e. The number of carbonyl (C=O) groups is 4. The van der Waals surface area contributed by atoms with E-state index in [2.05, 4.69) is 20.8 Å². The monoisotopic (exact) mass is 548 g/mol. The van der Waals surface area contributed by atoms with E-state index in [-0.39, 0.29) is 88.5 Å². The van der Waals surface area contributed by atoms with Crippen LogP contribution in [0.1, 0.15) is 99.3 Å². The van der Waals surface area contributed by atoms with Crippen LogP contribution in [0.15, 0.2) is 0 Å². The fourth-order valence-corrected chi connectivity index (χ4v) is 9.77. The summed E-state index contributed by atoms with van der Waals surface area (Å²) in [4.78, 5) is 48.5. The first kappa shape index (κ1) is 29.9. The molecule has 11 atom stereocenters. The number of hydrogen-bond donors (Lipinski definition) is 0. The first-order valence-electron chi connectivity index (χ1n) is 14.9. The molecule has 0 amide bonds. The second kappa shape index (κ2) is 11.4. The van der Waals surface area contributed by atoms with Crippen LogP contribution in [0.4, 0.5) is 0 Å². The maximum absolute atomic E-state index is 12.5. The molecule has 0 heterocycles. The van der Waals surface area contributed by atoms with Gasteiger partial charge in [0.15, 0.2) is 0 Å². The molecular weight excluding hydrogens is 500 g/mol. The molecular formula is C31H48O8. The van der Waals surface area contributed by atoms with Gasteiger partial charge >= 0.3 is 23.9 Å². The third-order valence-electron chi connectivity index (χ3n) is 11.4. The van der Waals surface area contributed by atoms with E-state index in [0.717, 1.165) is 51.4 Å². The summed E-state index contributed by atoms with van der Waals surface area (Å²) < 4.78 is 22.8. The van der Waals surface area contributed by atoms with Gasteiger partial charge in [0.05, 0.1) is 7.11 Å². The van der Waals surface area contributed by atoms with E-state index in [4.69, 9.17) is 18.9 Å². The summed E-state index contributed by atoms with van der Waals surface area (Å²) in [6.07, 6.45) is 6.53. The van der Waals surface area contributed by atoms with E-state index in [1.54, 1.807) is 0 Å². The van der Waals surface area contributed by atoms with E-state index in [9.17, 15) is 19.2 Å². The Labute approximate surface area is 233 Å². The number of fused-ring (bicyclic) bond motifs is 5. The normalized spacial score (nSPS) is 41.7. The van der Waals surface area contributed by atoms with Crippen molar-refractivity contribution in [2.45, 2.75) is 118 Å². The standard InChI is InChI=1S/C31H48O8/c1-17(8-11-28(35)36-7)23-9-10-24-29-25(16-27(31(23,24)6)39-20(4)34)30(5)13-12-22(37-18(2)32)14-21(30)15-26(29)38-19(3)33/h17,21-27,29H,8-16H2,1-7H3/t17-,21+,22-,23+,24-,25-,26+,27-,29-,30-,31+/m0/s1. The number of carbonyl (C=O) groups excluding carboxylic acids is 4. The van der Waals surface area contributed by atoms with Crippen LogP contribution in [-0.4, -0.2) is 49.3 Å². The minimum absolute atomic E-state index is 0.0215. The van der Waals surface area contributed by atoms with Crippen LogP contribution in [0.3, 0.4) is 0 Å². The maximum Gasteiger partial charge on any atom is 0.305 e. The Kier molecular flexibility index (Phi) is 8.73. The van der Waals surface area contributed by atoms with Crippen LogP contribution in [0.2, 0.25) is 0 Å². The highest BCUT2D eigenvalue weighted by Gasteiger charge is 2.67. The number of hydrogen-bond acceptors (Lipinski definition) is 8. The Morgan fingerprint density at radius 3 is 2.13 bits per heavy atom. The van der Waals surface area contributed by atoms with E-state index < -0.39 is 0 Å². The van der Waals surface area contributed by atoms with Crippen molar-refractivity contribution in [3.05, 3.63) is 0 Å². The molecule has 220 valence electrons. The molecule has 8 heteroatoms. The summed E-state index contributed by atoms with van der Waals surface area (Å²) in [7, 11) is 1.42. The molecule has 0 bridgehead atoms. The van der Waals surface area contributed by atoms with E-state index in [1.165, 1.54) is 27.9 Å². The van der Waals surface area contributed by atoms with E-state index in [1.807, 2.05) is 0 Å². The Morgan fingerprint density at radius 2 is 1.51 bits per heavy atom. The summed E-state index contributed by atoms with van der Waals surface area (Å²) >= 11 is 0. The minimum Gasteiger partial charge on any atom is -0.469 e. The molecule has 0 unspecified atom stereocenters. The Morgan fingerprint density at radius 1 is 0.846 bits per heavy atom. The molecule has 0 N–H and O–H groups in total. The van der Waals surface area contributed by atoms with Crippen molar-refractivity contribution in [1.82, 2.24) is 0 Å². The van der Waals surface area contributed by atoms with Gasteiger partial charge in [-0.25, -0.2) is 0 Å². The summed E-state index contributed by atoms with van der Waals surface area (Å²) in [5.41, 5.74) is -0.300. The van der Waals surface area contributed by atoms with Crippen LogP contribution in [0, 0.1) is 46.3 Å². The molecule has 0 saturated heterocycles. The van der Waals surface area contributed by atoms with Gasteiger partial charge in [0.25, 0.3) is 0 Å². The number of rotatable bonds is 7. The van der Waals surface area contributed by atoms with Crippen molar-refractivity contribution in [3.8, 4) is 0 Å². The van der Waals surface area contributed by atoms with Gasteiger partial charge in [0.1, 0.15) is 18.3 Å². The summed E-state index contributed by atoms with van der Waals surface area (Å²) in [6, 6.07) is 0. The minimum atomic E-state index is -0.279. The molecule has 4 fully saturated rings.